The molecule has 2 heterocycles. The highest BCUT2D eigenvalue weighted by atomic mass is 16.3. The molecule has 0 aliphatic heterocycles. The first-order chi connectivity index (χ1) is 27.2. The summed E-state index contributed by atoms with van der Waals surface area (Å²) in [6.45, 7) is 0. The van der Waals surface area contributed by atoms with Crippen LogP contribution in [0.4, 0.5) is 17.1 Å². The Morgan fingerprint density at radius 2 is 0.836 bits per heavy atom. The van der Waals surface area contributed by atoms with Gasteiger partial charge in [0.05, 0.1) is 11.1 Å². The molecule has 0 amide bonds. The second-order valence-electron chi connectivity index (χ2n) is 14.1. The predicted octanol–water partition coefficient (Wildman–Crippen LogP) is 15.1. The van der Waals surface area contributed by atoms with Crippen LogP contribution >= 0.6 is 0 Å². The molecule has 0 fully saturated rings. The first kappa shape index (κ1) is 31.2. The lowest BCUT2D eigenvalue weighted by Gasteiger charge is -2.27. The Balaban J connectivity index is 1.01. The molecule has 0 spiro atoms. The molecule has 0 aliphatic rings. The van der Waals surface area contributed by atoms with Crippen molar-refractivity contribution in [2.24, 2.45) is 0 Å². The standard InChI is InChI=1S/C52H33NO2/c1-2-10-38-31-40(24-23-34(38)9-1)37-21-19-35(20-22-37)36-25-28-42(29-26-36)53(47-15-8-18-51-52(47)45-14-4-6-17-49(45)55-51)43-12-7-11-39(32-43)41-27-30-50-46(33-41)44-13-3-5-16-48(44)54-50/h1-33H. The molecule has 0 saturated carbocycles. The van der Waals surface area contributed by atoms with E-state index in [9.17, 15) is 0 Å². The van der Waals surface area contributed by atoms with E-state index in [-0.39, 0.29) is 0 Å². The van der Waals surface area contributed by atoms with Gasteiger partial charge in [-0.15, -0.1) is 0 Å². The van der Waals surface area contributed by atoms with Gasteiger partial charge in [0.2, 0.25) is 0 Å². The highest BCUT2D eigenvalue weighted by molar-refractivity contribution is 6.13. The Hall–Kier alpha value is -7.36. The number of furan rings is 2. The molecule has 0 N–H and O–H groups in total. The minimum absolute atomic E-state index is 0.861. The third-order valence-electron chi connectivity index (χ3n) is 10.9. The van der Waals surface area contributed by atoms with E-state index in [0.29, 0.717) is 0 Å². The van der Waals surface area contributed by atoms with Crippen LogP contribution in [0.5, 0.6) is 0 Å². The lowest BCUT2D eigenvalue weighted by Crippen LogP contribution is -2.10. The molecule has 2 aromatic heterocycles. The average Bonchev–Trinajstić information content (AvgIpc) is 3.83. The van der Waals surface area contributed by atoms with Crippen LogP contribution in [0.25, 0.3) is 88.0 Å². The first-order valence-electron chi connectivity index (χ1n) is 18.7. The zero-order chi connectivity index (χ0) is 36.3. The predicted molar refractivity (Wildman–Crippen MR) is 229 cm³/mol. The molecule has 55 heavy (non-hydrogen) atoms. The molecule has 0 unspecified atom stereocenters. The van der Waals surface area contributed by atoms with Crippen LogP contribution in [0.3, 0.4) is 0 Å². The van der Waals surface area contributed by atoms with Gasteiger partial charge in [-0.2, -0.15) is 0 Å². The van der Waals surface area contributed by atoms with Gasteiger partial charge in [0.15, 0.2) is 0 Å². The minimum Gasteiger partial charge on any atom is -0.456 e. The van der Waals surface area contributed by atoms with Crippen molar-refractivity contribution in [2.45, 2.75) is 0 Å². The number of hydrogen-bond acceptors (Lipinski definition) is 3. The maximum absolute atomic E-state index is 6.38. The van der Waals surface area contributed by atoms with Crippen molar-refractivity contribution in [2.75, 3.05) is 4.90 Å². The van der Waals surface area contributed by atoms with Crippen LogP contribution in [-0.2, 0) is 0 Å². The summed E-state index contributed by atoms with van der Waals surface area (Å²) in [4.78, 5) is 2.35. The largest absolute Gasteiger partial charge is 0.456 e. The van der Waals surface area contributed by atoms with E-state index >= 15 is 0 Å². The molecule has 0 bridgehead atoms. The smallest absolute Gasteiger partial charge is 0.137 e. The van der Waals surface area contributed by atoms with Crippen LogP contribution in [0, 0.1) is 0 Å². The molecule has 11 aromatic rings. The van der Waals surface area contributed by atoms with E-state index in [1.165, 1.54) is 27.5 Å². The normalized spacial score (nSPS) is 11.6. The average molecular weight is 704 g/mol. The van der Waals surface area contributed by atoms with Gasteiger partial charge >= 0.3 is 0 Å². The zero-order valence-electron chi connectivity index (χ0n) is 29.8. The first-order valence-corrected chi connectivity index (χ1v) is 18.7. The highest BCUT2D eigenvalue weighted by Gasteiger charge is 2.20. The van der Waals surface area contributed by atoms with Gasteiger partial charge in [-0.05, 0) is 111 Å². The van der Waals surface area contributed by atoms with Crippen molar-refractivity contribution >= 4 is 71.7 Å². The Morgan fingerprint density at radius 3 is 1.65 bits per heavy atom. The molecule has 0 aliphatic carbocycles. The molecular formula is C52H33NO2. The lowest BCUT2D eigenvalue weighted by atomic mass is 9.98. The summed E-state index contributed by atoms with van der Waals surface area (Å²) < 4.78 is 12.5. The maximum atomic E-state index is 6.38. The van der Waals surface area contributed by atoms with Crippen molar-refractivity contribution in [1.29, 1.82) is 0 Å². The van der Waals surface area contributed by atoms with Crippen LogP contribution in [0.1, 0.15) is 0 Å². The Labute approximate surface area is 317 Å². The molecule has 0 atom stereocenters. The number of para-hydroxylation sites is 2. The summed E-state index contributed by atoms with van der Waals surface area (Å²) in [5.41, 5.74) is 13.7. The summed E-state index contributed by atoms with van der Waals surface area (Å²) in [6, 6.07) is 71.1. The monoisotopic (exact) mass is 703 g/mol. The molecule has 0 saturated heterocycles. The highest BCUT2D eigenvalue weighted by Crippen LogP contribution is 2.44. The Bertz CT molecular complexity index is 3200. The Morgan fingerprint density at radius 1 is 0.291 bits per heavy atom. The fourth-order valence-electron chi connectivity index (χ4n) is 8.13. The SMILES string of the molecule is c1cc(-c2ccc3oc4ccccc4c3c2)cc(N(c2ccc(-c3ccc(-c4ccc5ccccc5c4)cc3)cc2)c2cccc3oc4ccccc4c23)c1. The number of anilines is 3. The minimum atomic E-state index is 0.861. The molecular weight excluding hydrogens is 671 g/mol. The van der Waals surface area contributed by atoms with Crippen LogP contribution < -0.4 is 4.90 Å². The Kier molecular flexibility index (Phi) is 7.17. The maximum Gasteiger partial charge on any atom is 0.137 e. The van der Waals surface area contributed by atoms with Gasteiger partial charge in [-0.25, -0.2) is 0 Å². The lowest BCUT2D eigenvalue weighted by molar-refractivity contribution is 0.668. The van der Waals surface area contributed by atoms with E-state index in [1.54, 1.807) is 0 Å². The van der Waals surface area contributed by atoms with Crippen molar-refractivity contribution < 1.29 is 8.83 Å². The van der Waals surface area contributed by atoms with Gasteiger partial charge < -0.3 is 13.7 Å². The van der Waals surface area contributed by atoms with E-state index in [0.717, 1.165) is 77.6 Å². The second kappa shape index (κ2) is 12.6. The van der Waals surface area contributed by atoms with Crippen LogP contribution in [0.15, 0.2) is 209 Å². The van der Waals surface area contributed by atoms with E-state index in [1.807, 2.05) is 24.3 Å². The van der Waals surface area contributed by atoms with Crippen LogP contribution in [-0.4, -0.2) is 0 Å². The third kappa shape index (κ3) is 5.36. The fraction of sp³-hybridized carbons (Fsp3) is 0. The molecule has 3 nitrogen and oxygen atoms in total. The topological polar surface area (TPSA) is 29.5 Å². The second-order valence-corrected chi connectivity index (χ2v) is 14.1. The van der Waals surface area contributed by atoms with Gasteiger partial charge in [-0.3, -0.25) is 0 Å². The summed E-state index contributed by atoms with van der Waals surface area (Å²) in [5, 5.41) is 6.93. The number of rotatable bonds is 6. The number of hydrogen-bond donors (Lipinski definition) is 0. The van der Waals surface area contributed by atoms with Crippen LogP contribution in [0.2, 0.25) is 0 Å². The van der Waals surface area contributed by atoms with E-state index in [4.69, 9.17) is 8.83 Å². The summed E-state index contributed by atoms with van der Waals surface area (Å²) in [7, 11) is 0. The number of fused-ring (bicyclic) bond motifs is 7. The van der Waals surface area contributed by atoms with Crippen molar-refractivity contribution in [3.05, 3.63) is 200 Å². The van der Waals surface area contributed by atoms with E-state index in [2.05, 4.69) is 181 Å². The molecule has 3 heteroatoms. The van der Waals surface area contributed by atoms with E-state index < -0.39 is 0 Å². The van der Waals surface area contributed by atoms with Crippen molar-refractivity contribution in [3.63, 3.8) is 0 Å². The zero-order valence-corrected chi connectivity index (χ0v) is 29.8. The van der Waals surface area contributed by atoms with Gasteiger partial charge in [-0.1, -0.05) is 133 Å². The molecule has 9 aromatic carbocycles. The number of benzene rings is 9. The summed E-state index contributed by atoms with van der Waals surface area (Å²) in [6.07, 6.45) is 0. The van der Waals surface area contributed by atoms with Crippen molar-refractivity contribution in [3.8, 4) is 33.4 Å². The third-order valence-corrected chi connectivity index (χ3v) is 10.9. The summed E-state index contributed by atoms with van der Waals surface area (Å²) >= 11 is 0. The van der Waals surface area contributed by atoms with Gasteiger partial charge in [0, 0.05) is 27.5 Å². The molecule has 0 radical (unpaired) electrons. The van der Waals surface area contributed by atoms with Gasteiger partial charge in [0.25, 0.3) is 0 Å². The molecule has 11 rings (SSSR count). The quantitative estimate of drug-likeness (QED) is 0.173. The number of nitrogens with zero attached hydrogens (tertiary/aromatic N) is 1. The van der Waals surface area contributed by atoms with Crippen molar-refractivity contribution in [1.82, 2.24) is 0 Å². The molecule has 258 valence electrons. The fourth-order valence-corrected chi connectivity index (χ4v) is 8.13. The summed E-state index contributed by atoms with van der Waals surface area (Å²) in [5.74, 6) is 0. The van der Waals surface area contributed by atoms with Gasteiger partial charge in [0.1, 0.15) is 22.3 Å².